The van der Waals surface area contributed by atoms with Crippen LogP contribution in [-0.4, -0.2) is 22.7 Å². The quantitative estimate of drug-likeness (QED) is 0.558. The molecule has 28 heavy (non-hydrogen) atoms. The first kappa shape index (κ1) is 18.6. The molecule has 1 aromatic heterocycles. The van der Waals surface area contributed by atoms with Crippen LogP contribution in [0.5, 0.6) is 5.75 Å². The molecule has 4 nitrogen and oxygen atoms in total. The summed E-state index contributed by atoms with van der Waals surface area (Å²) in [5.74, 6) is 0.340. The van der Waals surface area contributed by atoms with Crippen LogP contribution in [0.25, 0.3) is 22.0 Å². The molecule has 4 rings (SSSR count). The van der Waals surface area contributed by atoms with E-state index in [9.17, 15) is 9.90 Å². The number of fused-ring (bicyclic) bond motifs is 1. The fourth-order valence-corrected chi connectivity index (χ4v) is 4.19. The van der Waals surface area contributed by atoms with Gasteiger partial charge in [-0.3, -0.25) is 4.79 Å². The first-order valence-corrected chi connectivity index (χ1v) is 10.2. The van der Waals surface area contributed by atoms with Crippen molar-refractivity contribution < 1.29 is 14.6 Å². The number of aromatic nitrogens is 1. The highest BCUT2D eigenvalue weighted by atomic mass is 16.5. The first-order chi connectivity index (χ1) is 13.6. The Balaban J connectivity index is 1.70. The topological polar surface area (TPSA) is 62.3 Å². The summed E-state index contributed by atoms with van der Waals surface area (Å²) in [5.41, 5.74) is 4.26. The van der Waals surface area contributed by atoms with Crippen molar-refractivity contribution in [3.05, 3.63) is 54.2 Å². The van der Waals surface area contributed by atoms with Gasteiger partial charge in [0.1, 0.15) is 5.75 Å². The lowest BCUT2D eigenvalue weighted by atomic mass is 9.95. The third-order valence-electron chi connectivity index (χ3n) is 5.84. The average Bonchev–Trinajstić information content (AvgIpc) is 3.38. The number of aromatic amines is 1. The van der Waals surface area contributed by atoms with Crippen LogP contribution in [0.1, 0.15) is 38.2 Å². The van der Waals surface area contributed by atoms with Crippen LogP contribution < -0.4 is 4.74 Å². The van der Waals surface area contributed by atoms with E-state index < -0.39 is 11.9 Å². The van der Waals surface area contributed by atoms with E-state index in [1.165, 1.54) is 25.7 Å². The monoisotopic (exact) mass is 377 g/mol. The van der Waals surface area contributed by atoms with Crippen LogP contribution in [-0.2, 0) is 11.2 Å². The predicted octanol–water partition coefficient (Wildman–Crippen LogP) is 5.67. The molecular formula is C24H27NO3. The number of nitrogens with one attached hydrogen (secondary N) is 1. The second-order valence-electron chi connectivity index (χ2n) is 7.98. The number of H-pyrrole nitrogens is 1. The van der Waals surface area contributed by atoms with Gasteiger partial charge in [-0.25, -0.2) is 0 Å². The van der Waals surface area contributed by atoms with Crippen molar-refractivity contribution in [3.63, 3.8) is 0 Å². The fraction of sp³-hybridized carbons (Fsp3) is 0.375. The molecular weight excluding hydrogens is 350 g/mol. The minimum absolute atomic E-state index is 0.416. The highest BCUT2D eigenvalue weighted by Gasteiger charge is 2.19. The fourth-order valence-electron chi connectivity index (χ4n) is 4.19. The lowest BCUT2D eigenvalue weighted by molar-refractivity contribution is -0.141. The predicted molar refractivity (Wildman–Crippen MR) is 112 cm³/mol. The van der Waals surface area contributed by atoms with Gasteiger partial charge in [-0.2, -0.15) is 0 Å². The zero-order chi connectivity index (χ0) is 19.5. The molecule has 2 aromatic carbocycles. The first-order valence-electron chi connectivity index (χ1n) is 10.2. The van der Waals surface area contributed by atoms with Gasteiger partial charge >= 0.3 is 5.97 Å². The van der Waals surface area contributed by atoms with E-state index >= 15 is 0 Å². The maximum Gasteiger partial charge on any atom is 0.306 e. The van der Waals surface area contributed by atoms with Crippen LogP contribution in [0.2, 0.25) is 0 Å². The number of hydrogen-bond acceptors (Lipinski definition) is 2. The van der Waals surface area contributed by atoms with Crippen LogP contribution in [0, 0.1) is 11.8 Å². The minimum atomic E-state index is -0.768. The molecule has 1 fully saturated rings. The summed E-state index contributed by atoms with van der Waals surface area (Å²) in [6.07, 6.45) is 7.55. The summed E-state index contributed by atoms with van der Waals surface area (Å²) in [6.45, 7) is 2.50. The van der Waals surface area contributed by atoms with Gasteiger partial charge in [0.15, 0.2) is 0 Å². The second-order valence-corrected chi connectivity index (χ2v) is 7.98. The summed E-state index contributed by atoms with van der Waals surface area (Å²) in [4.78, 5) is 14.6. The number of aliphatic carboxylic acids is 1. The summed E-state index contributed by atoms with van der Waals surface area (Å²) >= 11 is 0. The molecule has 1 saturated carbocycles. The number of ether oxygens (including phenoxy) is 1. The number of hydrogen-bond donors (Lipinski definition) is 2. The van der Waals surface area contributed by atoms with Crippen molar-refractivity contribution >= 4 is 16.9 Å². The zero-order valence-corrected chi connectivity index (χ0v) is 16.3. The van der Waals surface area contributed by atoms with E-state index in [0.29, 0.717) is 12.3 Å². The average molecular weight is 377 g/mol. The Morgan fingerprint density at radius 1 is 1.18 bits per heavy atom. The van der Waals surface area contributed by atoms with E-state index in [-0.39, 0.29) is 0 Å². The number of carboxylic acids is 1. The van der Waals surface area contributed by atoms with Crippen LogP contribution in [0.4, 0.5) is 0 Å². The molecule has 2 N–H and O–H groups in total. The smallest absolute Gasteiger partial charge is 0.306 e. The normalized spacial score (nSPS) is 15.8. The molecule has 0 amide bonds. The minimum Gasteiger partial charge on any atom is -0.493 e. The van der Waals surface area contributed by atoms with Crippen LogP contribution in [0.15, 0.2) is 48.7 Å². The highest BCUT2D eigenvalue weighted by molar-refractivity contribution is 5.96. The molecule has 1 aliphatic rings. The largest absolute Gasteiger partial charge is 0.493 e. The van der Waals surface area contributed by atoms with Gasteiger partial charge in [0, 0.05) is 22.7 Å². The lowest BCUT2D eigenvalue weighted by Crippen LogP contribution is -2.12. The molecule has 1 unspecified atom stereocenters. The molecule has 1 atom stereocenters. The summed E-state index contributed by atoms with van der Waals surface area (Å²) in [6, 6.07) is 14.4. The van der Waals surface area contributed by atoms with Crippen molar-refractivity contribution in [2.45, 2.75) is 39.0 Å². The Bertz CT molecular complexity index is 969. The number of carboxylic acid groups (broad SMARTS) is 1. The zero-order valence-electron chi connectivity index (χ0n) is 16.3. The van der Waals surface area contributed by atoms with E-state index in [4.69, 9.17) is 4.74 Å². The number of carbonyl (C=O) groups is 1. The Morgan fingerprint density at radius 3 is 2.79 bits per heavy atom. The van der Waals surface area contributed by atoms with Crippen LogP contribution >= 0.6 is 0 Å². The van der Waals surface area contributed by atoms with E-state index in [2.05, 4.69) is 29.2 Å². The molecule has 1 heterocycles. The molecule has 1 aliphatic carbocycles. The maximum atomic E-state index is 11.3. The Kier molecular flexibility index (Phi) is 5.38. The van der Waals surface area contributed by atoms with Gasteiger partial charge in [0.05, 0.1) is 12.5 Å². The molecule has 0 bridgehead atoms. The maximum absolute atomic E-state index is 11.3. The Morgan fingerprint density at radius 2 is 2.00 bits per heavy atom. The van der Waals surface area contributed by atoms with E-state index in [1.54, 1.807) is 6.92 Å². The van der Waals surface area contributed by atoms with Gasteiger partial charge in [-0.05, 0) is 60.6 Å². The summed E-state index contributed by atoms with van der Waals surface area (Å²) < 4.78 is 6.28. The number of rotatable bonds is 7. The van der Waals surface area contributed by atoms with Gasteiger partial charge < -0.3 is 14.8 Å². The molecule has 146 valence electrons. The van der Waals surface area contributed by atoms with Crippen molar-refractivity contribution in [1.29, 1.82) is 0 Å². The van der Waals surface area contributed by atoms with Gasteiger partial charge in [-0.15, -0.1) is 0 Å². The number of benzene rings is 2. The third kappa shape index (κ3) is 3.91. The molecule has 0 aliphatic heterocycles. The van der Waals surface area contributed by atoms with Gasteiger partial charge in [-0.1, -0.05) is 38.0 Å². The Hall–Kier alpha value is -2.75. The van der Waals surface area contributed by atoms with E-state index in [1.807, 2.05) is 24.4 Å². The molecule has 4 heteroatoms. The molecule has 0 saturated heterocycles. The van der Waals surface area contributed by atoms with Gasteiger partial charge in [0.25, 0.3) is 0 Å². The van der Waals surface area contributed by atoms with Crippen molar-refractivity contribution in [2.24, 2.45) is 11.8 Å². The highest BCUT2D eigenvalue weighted by Crippen LogP contribution is 2.37. The second kappa shape index (κ2) is 8.09. The molecule has 0 radical (unpaired) electrons. The summed E-state index contributed by atoms with van der Waals surface area (Å²) in [7, 11) is 0. The van der Waals surface area contributed by atoms with Gasteiger partial charge in [0.2, 0.25) is 0 Å². The van der Waals surface area contributed by atoms with Crippen molar-refractivity contribution in [2.75, 3.05) is 6.61 Å². The molecule has 3 aromatic rings. The van der Waals surface area contributed by atoms with E-state index in [0.717, 1.165) is 39.9 Å². The third-order valence-corrected chi connectivity index (χ3v) is 5.84. The van der Waals surface area contributed by atoms with Crippen molar-refractivity contribution in [3.8, 4) is 16.9 Å². The molecule has 0 spiro atoms. The summed E-state index contributed by atoms with van der Waals surface area (Å²) in [5, 5.41) is 10.4. The van der Waals surface area contributed by atoms with Crippen LogP contribution in [0.3, 0.4) is 0 Å². The Labute approximate surface area is 165 Å². The standard InChI is InChI=1S/C24H27NO3/c1-16(24(26)27)13-18-9-10-23(28-15-17-5-2-3-6-17)21(14-18)19-7-4-8-22-20(19)11-12-25-22/h4,7-12,14,16-17,25H,2-3,5-6,13,15H2,1H3,(H,26,27). The SMILES string of the molecule is CC(Cc1ccc(OCC2CCCC2)c(-c2cccc3[nH]ccc23)c1)C(=O)O. The lowest BCUT2D eigenvalue weighted by Gasteiger charge is -2.17. The van der Waals surface area contributed by atoms with Crippen molar-refractivity contribution in [1.82, 2.24) is 4.98 Å².